The van der Waals surface area contributed by atoms with Crippen LogP contribution in [0.2, 0.25) is 5.02 Å². The SMILES string of the molecule is NCCCNC(=O)c1ccc(-c2nc3c(Cl)cc(C(F)(F)F)cc3[nH]2)cc1. The molecule has 3 rings (SSSR count). The summed E-state index contributed by atoms with van der Waals surface area (Å²) in [6.07, 6.45) is -3.81. The van der Waals surface area contributed by atoms with Gasteiger partial charge >= 0.3 is 6.18 Å². The molecule has 0 atom stereocenters. The number of halogens is 4. The van der Waals surface area contributed by atoms with E-state index in [4.69, 9.17) is 17.3 Å². The number of alkyl halides is 3. The van der Waals surface area contributed by atoms with Gasteiger partial charge in [-0.2, -0.15) is 13.2 Å². The first kappa shape index (κ1) is 19.2. The van der Waals surface area contributed by atoms with Gasteiger partial charge in [0.2, 0.25) is 0 Å². The average molecular weight is 397 g/mol. The Kier molecular flexibility index (Phi) is 5.38. The largest absolute Gasteiger partial charge is 0.416 e. The molecule has 0 aliphatic heterocycles. The molecule has 4 N–H and O–H groups in total. The van der Waals surface area contributed by atoms with Gasteiger partial charge < -0.3 is 16.0 Å². The fraction of sp³-hybridized carbons (Fsp3) is 0.222. The normalized spacial score (nSPS) is 11.7. The number of imidazole rings is 1. The molecule has 27 heavy (non-hydrogen) atoms. The topological polar surface area (TPSA) is 83.8 Å². The van der Waals surface area contributed by atoms with E-state index in [-0.39, 0.29) is 22.0 Å². The van der Waals surface area contributed by atoms with Gasteiger partial charge in [-0.15, -0.1) is 0 Å². The number of hydrogen-bond acceptors (Lipinski definition) is 3. The third kappa shape index (κ3) is 4.23. The Bertz CT molecular complexity index is 967. The highest BCUT2D eigenvalue weighted by atomic mass is 35.5. The molecule has 3 aromatic rings. The molecular formula is C18H16ClF3N4O. The van der Waals surface area contributed by atoms with Gasteiger partial charge in [0.05, 0.1) is 16.1 Å². The minimum Gasteiger partial charge on any atom is -0.352 e. The lowest BCUT2D eigenvalue weighted by atomic mass is 10.1. The molecule has 5 nitrogen and oxygen atoms in total. The van der Waals surface area contributed by atoms with Crippen LogP contribution in [-0.2, 0) is 6.18 Å². The number of nitrogens with one attached hydrogen (secondary N) is 2. The highest BCUT2D eigenvalue weighted by molar-refractivity contribution is 6.35. The van der Waals surface area contributed by atoms with E-state index < -0.39 is 11.7 Å². The molecule has 142 valence electrons. The van der Waals surface area contributed by atoms with Crippen LogP contribution in [0.4, 0.5) is 13.2 Å². The Hall–Kier alpha value is -2.58. The van der Waals surface area contributed by atoms with E-state index in [0.29, 0.717) is 36.5 Å². The van der Waals surface area contributed by atoms with Crippen LogP contribution < -0.4 is 11.1 Å². The highest BCUT2D eigenvalue weighted by Crippen LogP contribution is 2.35. The van der Waals surface area contributed by atoms with E-state index >= 15 is 0 Å². The van der Waals surface area contributed by atoms with Crippen molar-refractivity contribution in [2.75, 3.05) is 13.1 Å². The van der Waals surface area contributed by atoms with Crippen LogP contribution in [0.3, 0.4) is 0 Å². The van der Waals surface area contributed by atoms with E-state index in [1.165, 1.54) is 0 Å². The molecule has 0 bridgehead atoms. The summed E-state index contributed by atoms with van der Waals surface area (Å²) in [4.78, 5) is 19.1. The van der Waals surface area contributed by atoms with Crippen molar-refractivity contribution in [1.82, 2.24) is 15.3 Å². The van der Waals surface area contributed by atoms with Crippen LogP contribution >= 0.6 is 11.6 Å². The predicted molar refractivity (Wildman–Crippen MR) is 97.5 cm³/mol. The number of fused-ring (bicyclic) bond motifs is 1. The van der Waals surface area contributed by atoms with Crippen molar-refractivity contribution in [2.45, 2.75) is 12.6 Å². The number of carbonyl (C=O) groups excluding carboxylic acids is 1. The maximum Gasteiger partial charge on any atom is 0.416 e. The molecule has 0 saturated heterocycles. The summed E-state index contributed by atoms with van der Waals surface area (Å²) < 4.78 is 38.8. The van der Waals surface area contributed by atoms with Gasteiger partial charge in [0.25, 0.3) is 5.91 Å². The Balaban J connectivity index is 1.87. The van der Waals surface area contributed by atoms with E-state index in [1.807, 2.05) is 0 Å². The molecular weight excluding hydrogens is 381 g/mol. The number of carbonyl (C=O) groups is 1. The Labute approximate surface area is 157 Å². The number of benzene rings is 2. The molecule has 1 heterocycles. The van der Waals surface area contributed by atoms with Crippen molar-refractivity contribution >= 4 is 28.5 Å². The van der Waals surface area contributed by atoms with Crippen LogP contribution in [0, 0.1) is 0 Å². The van der Waals surface area contributed by atoms with E-state index in [2.05, 4.69) is 15.3 Å². The van der Waals surface area contributed by atoms with Crippen molar-refractivity contribution in [1.29, 1.82) is 0 Å². The van der Waals surface area contributed by atoms with Gasteiger partial charge in [-0.3, -0.25) is 4.79 Å². The quantitative estimate of drug-likeness (QED) is 0.570. The van der Waals surface area contributed by atoms with Crippen molar-refractivity contribution in [3.8, 4) is 11.4 Å². The summed E-state index contributed by atoms with van der Waals surface area (Å²) >= 11 is 5.95. The minimum atomic E-state index is -4.50. The number of rotatable bonds is 5. The number of hydrogen-bond donors (Lipinski definition) is 3. The van der Waals surface area contributed by atoms with Crippen molar-refractivity contribution < 1.29 is 18.0 Å². The number of H-pyrrole nitrogens is 1. The van der Waals surface area contributed by atoms with Gasteiger partial charge in [0.1, 0.15) is 11.3 Å². The lowest BCUT2D eigenvalue weighted by Gasteiger charge is -2.06. The smallest absolute Gasteiger partial charge is 0.352 e. The molecule has 9 heteroatoms. The molecule has 0 aliphatic rings. The fourth-order valence-electron chi connectivity index (χ4n) is 2.56. The number of nitrogens with two attached hydrogens (primary N) is 1. The molecule has 0 spiro atoms. The van der Waals surface area contributed by atoms with E-state index in [1.54, 1.807) is 24.3 Å². The predicted octanol–water partition coefficient (Wildman–Crippen LogP) is 3.98. The zero-order chi connectivity index (χ0) is 19.6. The zero-order valence-electron chi connectivity index (χ0n) is 14.0. The van der Waals surface area contributed by atoms with Gasteiger partial charge in [0.15, 0.2) is 0 Å². The summed E-state index contributed by atoms with van der Waals surface area (Å²) in [6, 6.07) is 8.37. The molecule has 1 aromatic heterocycles. The third-order valence-electron chi connectivity index (χ3n) is 3.95. The summed E-state index contributed by atoms with van der Waals surface area (Å²) in [5, 5.41) is 2.66. The van der Waals surface area contributed by atoms with Crippen LogP contribution in [-0.4, -0.2) is 29.0 Å². The molecule has 0 unspecified atom stereocenters. The van der Waals surface area contributed by atoms with E-state index in [0.717, 1.165) is 12.1 Å². The second-order valence-corrected chi connectivity index (χ2v) is 6.32. The summed E-state index contributed by atoms with van der Waals surface area (Å²) in [5.41, 5.74) is 6.06. The summed E-state index contributed by atoms with van der Waals surface area (Å²) in [6.45, 7) is 0.977. The van der Waals surface area contributed by atoms with Gasteiger partial charge in [-0.1, -0.05) is 23.7 Å². The van der Waals surface area contributed by atoms with Gasteiger partial charge in [-0.25, -0.2) is 4.98 Å². The first-order valence-corrected chi connectivity index (χ1v) is 8.52. The highest BCUT2D eigenvalue weighted by Gasteiger charge is 2.31. The Morgan fingerprint density at radius 2 is 1.93 bits per heavy atom. The second-order valence-electron chi connectivity index (χ2n) is 5.91. The van der Waals surface area contributed by atoms with Crippen molar-refractivity contribution in [2.24, 2.45) is 5.73 Å². The third-order valence-corrected chi connectivity index (χ3v) is 4.24. The molecule has 0 aliphatic carbocycles. The van der Waals surface area contributed by atoms with Crippen molar-refractivity contribution in [3.05, 3.63) is 52.5 Å². The Morgan fingerprint density at radius 3 is 2.56 bits per heavy atom. The lowest BCUT2D eigenvalue weighted by Crippen LogP contribution is -2.25. The molecule has 0 radical (unpaired) electrons. The van der Waals surface area contributed by atoms with E-state index in [9.17, 15) is 18.0 Å². The van der Waals surface area contributed by atoms with Crippen molar-refractivity contribution in [3.63, 3.8) is 0 Å². The maximum absolute atomic E-state index is 12.9. The first-order valence-electron chi connectivity index (χ1n) is 8.15. The standard InChI is InChI=1S/C18H16ClF3N4O/c19-13-8-12(18(20,21)22)9-14-15(13)26-16(25-14)10-2-4-11(5-3-10)17(27)24-7-1-6-23/h2-5,8-9H,1,6-7,23H2,(H,24,27)(H,25,26). The van der Waals surface area contributed by atoms with Crippen LogP contribution in [0.1, 0.15) is 22.3 Å². The maximum atomic E-state index is 12.9. The summed E-state index contributed by atoms with van der Waals surface area (Å²) in [5.74, 6) is 0.138. The molecule has 0 fully saturated rings. The lowest BCUT2D eigenvalue weighted by molar-refractivity contribution is -0.137. The fourth-order valence-corrected chi connectivity index (χ4v) is 2.82. The van der Waals surface area contributed by atoms with Crippen LogP contribution in [0.5, 0.6) is 0 Å². The van der Waals surface area contributed by atoms with Crippen LogP contribution in [0.15, 0.2) is 36.4 Å². The second kappa shape index (κ2) is 7.58. The van der Waals surface area contributed by atoms with Crippen LogP contribution in [0.25, 0.3) is 22.4 Å². The molecule has 2 aromatic carbocycles. The Morgan fingerprint density at radius 1 is 1.22 bits per heavy atom. The number of nitrogens with zero attached hydrogens (tertiary/aromatic N) is 1. The van der Waals surface area contributed by atoms with Gasteiger partial charge in [0, 0.05) is 17.7 Å². The minimum absolute atomic E-state index is 0.0850. The molecule has 0 saturated carbocycles. The number of aromatic amines is 1. The van der Waals surface area contributed by atoms with Gasteiger partial charge in [-0.05, 0) is 37.2 Å². The number of amides is 1. The zero-order valence-corrected chi connectivity index (χ0v) is 14.8. The average Bonchev–Trinajstić information content (AvgIpc) is 3.06. The monoisotopic (exact) mass is 396 g/mol. The molecule has 1 amide bonds. The first-order chi connectivity index (χ1) is 12.8. The summed E-state index contributed by atoms with van der Waals surface area (Å²) in [7, 11) is 0. The number of aromatic nitrogens is 2.